The number of imide groups is 1. The number of ether oxygens (including phenoxy) is 1. The van der Waals surface area contributed by atoms with E-state index in [0.717, 1.165) is 22.9 Å². The minimum Gasteiger partial charge on any atom is -0.489 e. The number of carbonyl (C=O) groups is 2. The summed E-state index contributed by atoms with van der Waals surface area (Å²) < 4.78 is 5.78. The maximum Gasteiger partial charge on any atom is 0.293 e. The molecule has 0 atom stereocenters. The average molecular weight is 505 g/mol. The lowest BCUT2D eigenvalue weighted by Gasteiger charge is -2.12. The van der Waals surface area contributed by atoms with Crippen molar-refractivity contribution in [3.63, 3.8) is 0 Å². The Kier molecular flexibility index (Phi) is 7.11. The second-order valence-corrected chi connectivity index (χ2v) is 9.20. The maximum atomic E-state index is 12.7. The molecule has 0 unspecified atom stereocenters. The van der Waals surface area contributed by atoms with E-state index in [4.69, 9.17) is 39.5 Å². The summed E-state index contributed by atoms with van der Waals surface area (Å²) in [5.41, 5.74) is 2.29. The predicted molar refractivity (Wildman–Crippen MR) is 130 cm³/mol. The molecule has 4 rings (SSSR count). The predicted octanol–water partition coefficient (Wildman–Crippen LogP) is 7.46. The summed E-state index contributed by atoms with van der Waals surface area (Å²) in [6, 6.07) is 19.6. The zero-order valence-corrected chi connectivity index (χ0v) is 19.6. The molecule has 4 nitrogen and oxygen atoms in total. The Bertz CT molecular complexity index is 1190. The topological polar surface area (TPSA) is 46.6 Å². The molecule has 1 aliphatic heterocycles. The summed E-state index contributed by atoms with van der Waals surface area (Å²) in [6.45, 7) is 0.417. The SMILES string of the molecule is O=C1S/C(=C\c2ccc(OCc3c(Cl)cccc3Cl)cc2)C(=O)N1Cc1cccc(Cl)c1. The van der Waals surface area contributed by atoms with Crippen molar-refractivity contribution in [2.45, 2.75) is 13.2 Å². The number of amides is 2. The number of thioether (sulfide) groups is 1. The first-order valence-corrected chi connectivity index (χ1v) is 11.5. The number of rotatable bonds is 6. The maximum absolute atomic E-state index is 12.7. The zero-order chi connectivity index (χ0) is 22.7. The van der Waals surface area contributed by atoms with Crippen LogP contribution in [0.2, 0.25) is 15.1 Å². The van der Waals surface area contributed by atoms with E-state index in [2.05, 4.69) is 0 Å². The number of halogens is 3. The van der Waals surface area contributed by atoms with Crippen molar-refractivity contribution in [1.82, 2.24) is 4.90 Å². The summed E-state index contributed by atoms with van der Waals surface area (Å²) in [4.78, 5) is 26.7. The van der Waals surface area contributed by atoms with Crippen LogP contribution in [0, 0.1) is 0 Å². The third-order valence-electron chi connectivity index (χ3n) is 4.73. The highest BCUT2D eigenvalue weighted by atomic mass is 35.5. The van der Waals surface area contributed by atoms with E-state index in [1.807, 2.05) is 18.2 Å². The van der Waals surface area contributed by atoms with E-state index < -0.39 is 0 Å². The van der Waals surface area contributed by atoms with Crippen LogP contribution in [0.3, 0.4) is 0 Å². The number of nitrogens with zero attached hydrogens (tertiary/aromatic N) is 1. The molecule has 0 N–H and O–H groups in total. The van der Waals surface area contributed by atoms with E-state index >= 15 is 0 Å². The van der Waals surface area contributed by atoms with Crippen molar-refractivity contribution < 1.29 is 14.3 Å². The van der Waals surface area contributed by atoms with Gasteiger partial charge in [0.1, 0.15) is 12.4 Å². The van der Waals surface area contributed by atoms with Gasteiger partial charge < -0.3 is 4.74 Å². The lowest BCUT2D eigenvalue weighted by atomic mass is 10.2. The molecule has 1 fully saturated rings. The van der Waals surface area contributed by atoms with Crippen LogP contribution < -0.4 is 4.74 Å². The highest BCUT2D eigenvalue weighted by molar-refractivity contribution is 8.18. The van der Waals surface area contributed by atoms with Crippen LogP contribution in [0.5, 0.6) is 5.75 Å². The minimum atomic E-state index is -0.325. The minimum absolute atomic E-state index is 0.181. The fraction of sp³-hybridized carbons (Fsp3) is 0.0833. The standard InChI is InChI=1S/C24H16Cl3NO3S/c25-17-4-1-3-16(11-17)13-28-23(29)22(32-24(28)30)12-15-7-9-18(10-8-15)31-14-19-20(26)5-2-6-21(19)27/h1-12H,13-14H2/b22-12-. The normalized spacial score (nSPS) is 15.0. The molecule has 2 amide bonds. The van der Waals surface area contributed by atoms with Crippen LogP contribution in [0.15, 0.2) is 71.6 Å². The van der Waals surface area contributed by atoms with Crippen LogP contribution in [0.25, 0.3) is 6.08 Å². The van der Waals surface area contributed by atoms with Crippen molar-refractivity contribution in [3.8, 4) is 5.75 Å². The third-order valence-corrected chi connectivity index (χ3v) is 6.58. The Morgan fingerprint density at radius 2 is 1.59 bits per heavy atom. The highest BCUT2D eigenvalue weighted by Crippen LogP contribution is 2.34. The lowest BCUT2D eigenvalue weighted by molar-refractivity contribution is -0.123. The van der Waals surface area contributed by atoms with E-state index in [-0.39, 0.29) is 24.3 Å². The van der Waals surface area contributed by atoms with Crippen LogP contribution in [-0.2, 0) is 17.9 Å². The van der Waals surface area contributed by atoms with Gasteiger partial charge in [-0.2, -0.15) is 0 Å². The molecule has 1 aliphatic rings. The first-order chi connectivity index (χ1) is 15.4. The summed E-state index contributed by atoms with van der Waals surface area (Å²) >= 11 is 19.3. The van der Waals surface area contributed by atoms with Gasteiger partial charge in [-0.15, -0.1) is 0 Å². The van der Waals surface area contributed by atoms with E-state index in [0.29, 0.717) is 31.3 Å². The molecule has 8 heteroatoms. The van der Waals surface area contributed by atoms with Gasteiger partial charge in [-0.1, -0.05) is 65.1 Å². The molecule has 0 saturated carbocycles. The molecule has 3 aromatic rings. The Hall–Kier alpha value is -2.44. The van der Waals surface area contributed by atoms with Gasteiger partial charge in [0.15, 0.2) is 0 Å². The van der Waals surface area contributed by atoms with Crippen molar-refractivity contribution in [2.24, 2.45) is 0 Å². The van der Waals surface area contributed by atoms with Gasteiger partial charge in [-0.3, -0.25) is 14.5 Å². The van der Waals surface area contributed by atoms with Crippen LogP contribution in [-0.4, -0.2) is 16.0 Å². The molecule has 1 heterocycles. The Morgan fingerprint density at radius 1 is 0.906 bits per heavy atom. The molecule has 162 valence electrons. The van der Waals surface area contributed by atoms with Crippen molar-refractivity contribution in [1.29, 1.82) is 0 Å². The Balaban J connectivity index is 1.42. The third kappa shape index (κ3) is 5.30. The number of hydrogen-bond donors (Lipinski definition) is 0. The summed E-state index contributed by atoms with van der Waals surface area (Å²) in [7, 11) is 0. The Morgan fingerprint density at radius 3 is 2.28 bits per heavy atom. The van der Waals surface area contributed by atoms with Gasteiger partial charge in [-0.05, 0) is 65.4 Å². The summed E-state index contributed by atoms with van der Waals surface area (Å²) in [5.74, 6) is 0.306. The molecular weight excluding hydrogens is 489 g/mol. The molecular formula is C24H16Cl3NO3S. The van der Waals surface area contributed by atoms with Crippen molar-refractivity contribution in [3.05, 3.63) is 103 Å². The number of carbonyl (C=O) groups excluding carboxylic acids is 2. The smallest absolute Gasteiger partial charge is 0.293 e. The fourth-order valence-corrected chi connectivity index (χ4v) is 4.65. The number of benzene rings is 3. The van der Waals surface area contributed by atoms with Gasteiger partial charge >= 0.3 is 0 Å². The largest absolute Gasteiger partial charge is 0.489 e. The van der Waals surface area contributed by atoms with E-state index in [9.17, 15) is 9.59 Å². The second-order valence-electron chi connectivity index (χ2n) is 6.96. The summed E-state index contributed by atoms with van der Waals surface area (Å²) in [6.07, 6.45) is 1.69. The first kappa shape index (κ1) is 22.7. The van der Waals surface area contributed by atoms with Gasteiger partial charge in [0.2, 0.25) is 0 Å². The van der Waals surface area contributed by atoms with Gasteiger partial charge in [-0.25, -0.2) is 0 Å². The van der Waals surface area contributed by atoms with Gasteiger partial charge in [0, 0.05) is 20.6 Å². The van der Waals surface area contributed by atoms with Gasteiger partial charge in [0.25, 0.3) is 11.1 Å². The monoisotopic (exact) mass is 503 g/mol. The Labute approximate surface area is 204 Å². The molecule has 1 saturated heterocycles. The molecule has 3 aromatic carbocycles. The first-order valence-electron chi connectivity index (χ1n) is 9.56. The lowest BCUT2D eigenvalue weighted by Crippen LogP contribution is -2.27. The van der Waals surface area contributed by atoms with E-state index in [1.165, 1.54) is 4.90 Å². The van der Waals surface area contributed by atoms with Gasteiger partial charge in [0.05, 0.1) is 11.4 Å². The van der Waals surface area contributed by atoms with Crippen LogP contribution >= 0.6 is 46.6 Å². The van der Waals surface area contributed by atoms with Crippen molar-refractivity contribution >= 4 is 63.8 Å². The molecule has 0 aromatic heterocycles. The van der Waals surface area contributed by atoms with E-state index in [1.54, 1.807) is 54.6 Å². The highest BCUT2D eigenvalue weighted by Gasteiger charge is 2.34. The summed E-state index contributed by atoms with van der Waals surface area (Å²) in [5, 5.41) is 1.34. The average Bonchev–Trinajstić information content (AvgIpc) is 3.02. The second kappa shape index (κ2) is 10.0. The molecule has 0 radical (unpaired) electrons. The molecule has 32 heavy (non-hydrogen) atoms. The number of hydrogen-bond acceptors (Lipinski definition) is 4. The molecule has 0 bridgehead atoms. The zero-order valence-electron chi connectivity index (χ0n) is 16.6. The van der Waals surface area contributed by atoms with Crippen LogP contribution in [0.4, 0.5) is 4.79 Å². The molecule has 0 spiro atoms. The quantitative estimate of drug-likeness (QED) is 0.327. The fourth-order valence-electron chi connectivity index (χ4n) is 3.09. The van der Waals surface area contributed by atoms with Crippen LogP contribution in [0.1, 0.15) is 16.7 Å². The molecule has 0 aliphatic carbocycles. The van der Waals surface area contributed by atoms with Crippen molar-refractivity contribution in [2.75, 3.05) is 0 Å².